The Bertz CT molecular complexity index is 455. The number of hydrogen-bond donors (Lipinski definition) is 1. The van der Waals surface area contributed by atoms with E-state index < -0.39 is 11.4 Å². The Morgan fingerprint density at radius 2 is 2.11 bits per heavy atom. The number of Topliss-reactive ketones (excluding diaryl/α,β-unsaturated/α-hetero) is 1. The van der Waals surface area contributed by atoms with Gasteiger partial charge in [-0.1, -0.05) is 20.8 Å². The summed E-state index contributed by atoms with van der Waals surface area (Å²) >= 11 is 0. The van der Waals surface area contributed by atoms with Gasteiger partial charge in [-0.3, -0.25) is 4.79 Å². The molecule has 1 heterocycles. The predicted molar refractivity (Wildman–Crippen MR) is 68.8 cm³/mol. The first kappa shape index (κ1) is 13.3. The molecule has 0 radical (unpaired) electrons. The molecule has 3 rings (SSSR count). The molecule has 1 spiro atoms. The van der Waals surface area contributed by atoms with E-state index in [1.807, 2.05) is 13.0 Å². The standard InChI is InChI=1S/C15H22O4/c1-8(2)13-14-6-10(4)12(16)5-11(14)9(3)7-15(13,17)19-18-14/h6,8-9,11,13,17H,5,7H2,1-4H3/t9-,11+,13+,14-,15+/m1/s1. The Morgan fingerprint density at radius 1 is 1.42 bits per heavy atom. The molecular formula is C15H22O4. The van der Waals surface area contributed by atoms with Gasteiger partial charge in [0, 0.05) is 18.8 Å². The third-order valence-corrected chi connectivity index (χ3v) is 5.14. The van der Waals surface area contributed by atoms with Gasteiger partial charge < -0.3 is 5.11 Å². The van der Waals surface area contributed by atoms with Crippen molar-refractivity contribution in [2.45, 2.75) is 51.9 Å². The molecular weight excluding hydrogens is 244 g/mol. The highest BCUT2D eigenvalue weighted by atomic mass is 17.2. The van der Waals surface area contributed by atoms with Gasteiger partial charge in [0.05, 0.1) is 5.92 Å². The second-order valence-corrected chi connectivity index (χ2v) is 6.83. The van der Waals surface area contributed by atoms with Gasteiger partial charge in [0.25, 0.3) is 0 Å². The molecule has 0 aromatic rings. The first-order valence-electron chi connectivity index (χ1n) is 7.12. The maximum atomic E-state index is 12.0. The number of aliphatic hydroxyl groups is 1. The topological polar surface area (TPSA) is 55.8 Å². The van der Waals surface area contributed by atoms with E-state index in [9.17, 15) is 9.90 Å². The normalized spacial score (nSPS) is 49.3. The van der Waals surface area contributed by atoms with Crippen LogP contribution in [-0.2, 0) is 14.6 Å². The van der Waals surface area contributed by atoms with E-state index in [4.69, 9.17) is 9.78 Å². The third kappa shape index (κ3) is 1.60. The summed E-state index contributed by atoms with van der Waals surface area (Å²) in [7, 11) is 0. The van der Waals surface area contributed by atoms with Crippen LogP contribution in [0.4, 0.5) is 0 Å². The van der Waals surface area contributed by atoms with Gasteiger partial charge in [0.15, 0.2) is 5.78 Å². The second kappa shape index (κ2) is 3.90. The Labute approximate surface area is 113 Å². The lowest BCUT2D eigenvalue weighted by molar-refractivity contribution is -0.386. The first-order chi connectivity index (χ1) is 8.80. The number of ketones is 1. The maximum Gasteiger partial charge on any atom is 0.205 e. The summed E-state index contributed by atoms with van der Waals surface area (Å²) in [6, 6.07) is 0. The fraction of sp³-hybridized carbons (Fsp3) is 0.800. The van der Waals surface area contributed by atoms with Gasteiger partial charge in [-0.25, -0.2) is 4.89 Å². The van der Waals surface area contributed by atoms with Crippen LogP contribution >= 0.6 is 0 Å². The van der Waals surface area contributed by atoms with E-state index in [2.05, 4.69) is 20.8 Å². The Morgan fingerprint density at radius 3 is 2.74 bits per heavy atom. The molecule has 1 saturated heterocycles. The van der Waals surface area contributed by atoms with Crippen molar-refractivity contribution in [3.63, 3.8) is 0 Å². The SMILES string of the molecule is CC1=C[C@@]23OO[C@@](O)(C[C@@H](C)[C@@H]2CC1=O)[C@H]3C(C)C. The van der Waals surface area contributed by atoms with Gasteiger partial charge in [-0.05, 0) is 30.4 Å². The summed E-state index contributed by atoms with van der Waals surface area (Å²) in [5.41, 5.74) is 0.0855. The molecule has 0 unspecified atom stereocenters. The van der Waals surface area contributed by atoms with E-state index in [0.717, 1.165) is 5.57 Å². The lowest BCUT2D eigenvalue weighted by Gasteiger charge is -2.50. The Kier molecular flexibility index (Phi) is 2.73. The molecule has 2 aliphatic carbocycles. The molecule has 5 atom stereocenters. The van der Waals surface area contributed by atoms with Crippen molar-refractivity contribution in [3.05, 3.63) is 11.6 Å². The summed E-state index contributed by atoms with van der Waals surface area (Å²) in [4.78, 5) is 23.0. The van der Waals surface area contributed by atoms with Crippen molar-refractivity contribution in [2.24, 2.45) is 23.7 Å². The van der Waals surface area contributed by atoms with Crippen molar-refractivity contribution >= 4 is 5.78 Å². The fourth-order valence-corrected chi connectivity index (χ4v) is 4.51. The minimum atomic E-state index is -1.22. The van der Waals surface area contributed by atoms with Gasteiger partial charge in [0.2, 0.25) is 5.79 Å². The number of fused-ring (bicyclic) bond motifs is 1. The number of rotatable bonds is 1. The molecule has 4 nitrogen and oxygen atoms in total. The van der Waals surface area contributed by atoms with E-state index in [-0.39, 0.29) is 29.5 Å². The van der Waals surface area contributed by atoms with Crippen molar-refractivity contribution in [1.82, 2.24) is 0 Å². The lowest BCUT2D eigenvalue weighted by atomic mass is 9.55. The van der Waals surface area contributed by atoms with E-state index in [1.165, 1.54) is 0 Å². The van der Waals surface area contributed by atoms with Gasteiger partial charge >= 0.3 is 0 Å². The summed E-state index contributed by atoms with van der Waals surface area (Å²) in [6.45, 7) is 8.04. The minimum absolute atomic E-state index is 0.0962. The second-order valence-electron chi connectivity index (χ2n) is 6.83. The highest BCUT2D eigenvalue weighted by Gasteiger charge is 2.69. The molecule has 19 heavy (non-hydrogen) atoms. The van der Waals surface area contributed by atoms with Gasteiger partial charge in [0.1, 0.15) is 5.60 Å². The molecule has 1 saturated carbocycles. The quantitative estimate of drug-likeness (QED) is 0.739. The van der Waals surface area contributed by atoms with E-state index in [0.29, 0.717) is 12.8 Å². The average Bonchev–Trinajstić information content (AvgIpc) is 2.51. The maximum absolute atomic E-state index is 12.0. The summed E-state index contributed by atoms with van der Waals surface area (Å²) < 4.78 is 0. The molecule has 1 N–H and O–H groups in total. The zero-order chi connectivity index (χ0) is 14.0. The molecule has 2 bridgehead atoms. The largest absolute Gasteiger partial charge is 0.363 e. The predicted octanol–water partition coefficient (Wildman–Crippen LogP) is 2.22. The molecule has 2 fully saturated rings. The van der Waals surface area contributed by atoms with Crippen molar-refractivity contribution in [3.8, 4) is 0 Å². The third-order valence-electron chi connectivity index (χ3n) is 5.14. The van der Waals surface area contributed by atoms with Crippen LogP contribution in [-0.4, -0.2) is 22.3 Å². The average molecular weight is 266 g/mol. The van der Waals surface area contributed by atoms with Crippen LogP contribution in [0.15, 0.2) is 11.6 Å². The van der Waals surface area contributed by atoms with Crippen LogP contribution in [0.1, 0.15) is 40.5 Å². The minimum Gasteiger partial charge on any atom is -0.363 e. The zero-order valence-electron chi connectivity index (χ0n) is 12.0. The fourth-order valence-electron chi connectivity index (χ4n) is 4.51. The van der Waals surface area contributed by atoms with Crippen LogP contribution in [0.3, 0.4) is 0 Å². The van der Waals surface area contributed by atoms with Crippen molar-refractivity contribution in [2.75, 3.05) is 0 Å². The Hall–Kier alpha value is -0.710. The van der Waals surface area contributed by atoms with Gasteiger partial charge in [-0.2, -0.15) is 4.89 Å². The molecule has 106 valence electrons. The van der Waals surface area contributed by atoms with Crippen LogP contribution in [0, 0.1) is 23.7 Å². The molecule has 1 aliphatic heterocycles. The molecule has 0 aromatic heterocycles. The summed E-state index contributed by atoms with van der Waals surface area (Å²) in [5.74, 6) is -0.633. The van der Waals surface area contributed by atoms with Crippen molar-refractivity contribution in [1.29, 1.82) is 0 Å². The molecule has 0 amide bonds. The zero-order valence-corrected chi connectivity index (χ0v) is 12.0. The van der Waals surface area contributed by atoms with Crippen LogP contribution in [0.2, 0.25) is 0 Å². The highest BCUT2D eigenvalue weighted by Crippen LogP contribution is 2.60. The number of hydrogen-bond acceptors (Lipinski definition) is 4. The first-order valence-corrected chi connectivity index (χ1v) is 7.12. The highest BCUT2D eigenvalue weighted by molar-refractivity contribution is 5.96. The molecule has 3 aliphatic rings. The van der Waals surface area contributed by atoms with Crippen molar-refractivity contribution < 1.29 is 19.7 Å². The van der Waals surface area contributed by atoms with E-state index >= 15 is 0 Å². The lowest BCUT2D eigenvalue weighted by Crippen LogP contribution is -2.59. The van der Waals surface area contributed by atoms with Crippen LogP contribution in [0.25, 0.3) is 0 Å². The summed E-state index contributed by atoms with van der Waals surface area (Å²) in [6.07, 6.45) is 2.93. The number of carbonyl (C=O) groups is 1. The number of allylic oxidation sites excluding steroid dienone is 1. The van der Waals surface area contributed by atoms with E-state index in [1.54, 1.807) is 0 Å². The monoisotopic (exact) mass is 266 g/mol. The Balaban J connectivity index is 2.15. The van der Waals surface area contributed by atoms with Gasteiger partial charge in [-0.15, -0.1) is 0 Å². The molecule has 4 heteroatoms. The molecule has 0 aromatic carbocycles. The smallest absolute Gasteiger partial charge is 0.205 e. The summed E-state index contributed by atoms with van der Waals surface area (Å²) in [5, 5.41) is 10.7. The van der Waals surface area contributed by atoms with Crippen LogP contribution < -0.4 is 0 Å². The number of carbonyl (C=O) groups excluding carboxylic acids is 1. The van der Waals surface area contributed by atoms with Crippen LogP contribution in [0.5, 0.6) is 0 Å².